The van der Waals surface area contributed by atoms with Crippen molar-refractivity contribution in [3.63, 3.8) is 0 Å². The fourth-order valence-electron chi connectivity index (χ4n) is 1.89. The van der Waals surface area contributed by atoms with Crippen LogP contribution in [0, 0.1) is 4.91 Å². The average molecular weight is 339 g/mol. The SMILES string of the molecule is COC(=O)CC(NC(=O)OC(C)(C)C)c1ccc([N+](=O)OC)cc1. The summed E-state index contributed by atoms with van der Waals surface area (Å²) in [5.74, 6) is -0.484. The number of nitrogens with one attached hydrogen (secondary N) is 1. The molecule has 1 aromatic rings. The Morgan fingerprint density at radius 2 is 1.75 bits per heavy atom. The van der Waals surface area contributed by atoms with Crippen LogP contribution < -0.4 is 5.32 Å². The molecule has 0 radical (unpaired) electrons. The summed E-state index contributed by atoms with van der Waals surface area (Å²) in [6, 6.07) is 5.62. The van der Waals surface area contributed by atoms with Crippen LogP contribution in [0.5, 0.6) is 0 Å². The van der Waals surface area contributed by atoms with Crippen molar-refractivity contribution in [2.45, 2.75) is 38.8 Å². The van der Waals surface area contributed by atoms with E-state index in [9.17, 15) is 14.5 Å². The van der Waals surface area contributed by atoms with Crippen molar-refractivity contribution in [2.75, 3.05) is 14.2 Å². The zero-order chi connectivity index (χ0) is 18.3. The monoisotopic (exact) mass is 339 g/mol. The van der Waals surface area contributed by atoms with Crippen LogP contribution in [0.4, 0.5) is 10.5 Å². The summed E-state index contributed by atoms with van der Waals surface area (Å²) >= 11 is 0. The van der Waals surface area contributed by atoms with Gasteiger partial charge in [-0.25, -0.2) is 9.63 Å². The van der Waals surface area contributed by atoms with Gasteiger partial charge in [-0.1, -0.05) is 0 Å². The first-order valence-electron chi connectivity index (χ1n) is 7.34. The molecule has 0 spiro atoms. The summed E-state index contributed by atoms with van der Waals surface area (Å²) in [6.07, 6.45) is -0.719. The second-order valence-electron chi connectivity index (χ2n) is 6.01. The molecule has 0 heterocycles. The highest BCUT2D eigenvalue weighted by Gasteiger charge is 2.24. The molecule has 1 unspecified atom stereocenters. The number of hydrogen-bond donors (Lipinski definition) is 1. The van der Waals surface area contributed by atoms with Gasteiger partial charge >= 0.3 is 17.7 Å². The zero-order valence-electron chi connectivity index (χ0n) is 14.5. The van der Waals surface area contributed by atoms with Crippen molar-refractivity contribution in [3.05, 3.63) is 34.7 Å². The Bertz CT molecular complexity index is 592. The van der Waals surface area contributed by atoms with E-state index in [2.05, 4.69) is 14.9 Å². The number of nitrogens with zero attached hydrogens (tertiary/aromatic N) is 1. The highest BCUT2D eigenvalue weighted by Crippen LogP contribution is 2.22. The lowest BCUT2D eigenvalue weighted by molar-refractivity contribution is -0.736. The number of amides is 1. The maximum absolute atomic E-state index is 12.0. The number of methoxy groups -OCH3 is 1. The van der Waals surface area contributed by atoms with E-state index in [1.165, 1.54) is 26.4 Å². The predicted octanol–water partition coefficient (Wildman–Crippen LogP) is 2.79. The quantitative estimate of drug-likeness (QED) is 0.633. The third kappa shape index (κ3) is 6.23. The van der Waals surface area contributed by atoms with Gasteiger partial charge in [0.25, 0.3) is 4.92 Å². The number of rotatable bonds is 6. The van der Waals surface area contributed by atoms with E-state index in [1.807, 2.05) is 0 Å². The van der Waals surface area contributed by atoms with E-state index in [-0.39, 0.29) is 12.1 Å². The van der Waals surface area contributed by atoms with Crippen molar-refractivity contribution >= 4 is 17.7 Å². The standard InChI is InChI=1S/C16H22N2O6/c1-16(2,3)24-15(20)17-13(10-14(19)22-4)11-6-8-12(9-7-11)18(21)23-5/h6-9,13H,10H2,1-5H3/p+1. The molecule has 0 fully saturated rings. The summed E-state index contributed by atoms with van der Waals surface area (Å²) in [6.45, 7) is 5.22. The fourth-order valence-corrected chi connectivity index (χ4v) is 1.89. The molecule has 0 aliphatic rings. The molecule has 0 saturated carbocycles. The average Bonchev–Trinajstić information content (AvgIpc) is 2.51. The van der Waals surface area contributed by atoms with E-state index in [4.69, 9.17) is 4.74 Å². The molecule has 0 aromatic heterocycles. The molecule has 1 amide bonds. The maximum Gasteiger partial charge on any atom is 0.408 e. The van der Waals surface area contributed by atoms with Gasteiger partial charge in [-0.05, 0) is 38.5 Å². The van der Waals surface area contributed by atoms with E-state index in [0.29, 0.717) is 10.5 Å². The highest BCUT2D eigenvalue weighted by atomic mass is 16.8. The van der Waals surface area contributed by atoms with Gasteiger partial charge in [-0.2, -0.15) is 0 Å². The topological polar surface area (TPSA) is 93.9 Å². The van der Waals surface area contributed by atoms with Crippen LogP contribution in [0.25, 0.3) is 0 Å². The van der Waals surface area contributed by atoms with Crippen LogP contribution >= 0.6 is 0 Å². The number of carbonyl (C=O) groups excluding carboxylic acids is 2. The lowest BCUT2D eigenvalue weighted by atomic mass is 10.0. The largest absolute Gasteiger partial charge is 0.469 e. The van der Waals surface area contributed by atoms with E-state index >= 15 is 0 Å². The summed E-state index contributed by atoms with van der Waals surface area (Å²) < 4.78 is 9.86. The molecule has 1 aromatic carbocycles. The summed E-state index contributed by atoms with van der Waals surface area (Å²) in [7, 11) is 2.52. The van der Waals surface area contributed by atoms with Gasteiger partial charge < -0.3 is 14.8 Å². The van der Waals surface area contributed by atoms with E-state index in [0.717, 1.165) is 0 Å². The molecule has 0 saturated heterocycles. The second-order valence-corrected chi connectivity index (χ2v) is 6.01. The molecule has 0 aliphatic heterocycles. The predicted molar refractivity (Wildman–Crippen MR) is 85.5 cm³/mol. The van der Waals surface area contributed by atoms with Gasteiger partial charge in [0.1, 0.15) is 5.60 Å². The van der Waals surface area contributed by atoms with Gasteiger partial charge in [0.05, 0.1) is 24.5 Å². The smallest absolute Gasteiger partial charge is 0.408 e. The summed E-state index contributed by atoms with van der Waals surface area (Å²) in [4.78, 5) is 39.8. The third-order valence-electron chi connectivity index (χ3n) is 2.96. The number of benzene rings is 1. The lowest BCUT2D eigenvalue weighted by Gasteiger charge is -2.23. The van der Waals surface area contributed by atoms with Crippen LogP contribution in [-0.4, -0.2) is 36.8 Å². The number of carbonyl (C=O) groups is 2. The Hall–Kier alpha value is -2.64. The Morgan fingerprint density at radius 1 is 1.17 bits per heavy atom. The van der Waals surface area contributed by atoms with Gasteiger partial charge in [0.2, 0.25) is 0 Å². The molecule has 1 atom stereocenters. The first-order valence-corrected chi connectivity index (χ1v) is 7.34. The van der Waals surface area contributed by atoms with Gasteiger partial charge in [0.15, 0.2) is 7.11 Å². The van der Waals surface area contributed by atoms with Crippen LogP contribution in [-0.2, 0) is 19.1 Å². The number of ether oxygens (including phenoxy) is 2. The Labute approximate surface area is 140 Å². The Kier molecular flexibility index (Phi) is 6.69. The van der Waals surface area contributed by atoms with Crippen LogP contribution in [0.1, 0.15) is 38.8 Å². The minimum atomic E-state index is -0.661. The van der Waals surface area contributed by atoms with Crippen LogP contribution in [0.3, 0.4) is 0 Å². The van der Waals surface area contributed by atoms with Crippen molar-refractivity contribution in [2.24, 2.45) is 0 Å². The van der Waals surface area contributed by atoms with Crippen molar-refractivity contribution in [1.82, 2.24) is 5.32 Å². The van der Waals surface area contributed by atoms with Crippen LogP contribution in [0.15, 0.2) is 24.3 Å². The molecule has 8 nitrogen and oxygen atoms in total. The highest BCUT2D eigenvalue weighted by molar-refractivity contribution is 5.73. The molecule has 0 aliphatic carbocycles. The fraction of sp³-hybridized carbons (Fsp3) is 0.500. The van der Waals surface area contributed by atoms with Crippen LogP contribution in [0.2, 0.25) is 0 Å². The third-order valence-corrected chi connectivity index (χ3v) is 2.96. The molecular formula is C16H23N2O6+. The zero-order valence-corrected chi connectivity index (χ0v) is 14.5. The minimum Gasteiger partial charge on any atom is -0.469 e. The van der Waals surface area contributed by atoms with Crippen molar-refractivity contribution in [3.8, 4) is 0 Å². The lowest BCUT2D eigenvalue weighted by Crippen LogP contribution is -2.36. The molecule has 1 rings (SSSR count). The van der Waals surface area contributed by atoms with Crippen molar-refractivity contribution in [1.29, 1.82) is 0 Å². The molecule has 0 bridgehead atoms. The maximum atomic E-state index is 12.0. The Balaban J connectivity index is 2.94. The molecular weight excluding hydrogens is 316 g/mol. The summed E-state index contributed by atoms with van der Waals surface area (Å²) in [5, 5.41) is 2.63. The molecule has 1 N–H and O–H groups in total. The minimum absolute atomic E-state index is 0.0690. The molecule has 132 valence electrons. The van der Waals surface area contributed by atoms with Gasteiger partial charge in [-0.3, -0.25) is 4.79 Å². The molecule has 8 heteroatoms. The van der Waals surface area contributed by atoms with Crippen molar-refractivity contribution < 1.29 is 28.8 Å². The Morgan fingerprint density at radius 3 is 2.21 bits per heavy atom. The van der Waals surface area contributed by atoms with E-state index in [1.54, 1.807) is 32.9 Å². The first-order chi connectivity index (χ1) is 11.2. The second kappa shape index (κ2) is 8.28. The van der Waals surface area contributed by atoms with E-state index < -0.39 is 23.7 Å². The normalized spacial score (nSPS) is 12.0. The first kappa shape index (κ1) is 19.4. The van der Waals surface area contributed by atoms with Gasteiger partial charge in [0, 0.05) is 12.1 Å². The summed E-state index contributed by atoms with van der Waals surface area (Å²) in [5.41, 5.74) is 0.250. The number of hydrogen-bond acceptors (Lipinski definition) is 6. The van der Waals surface area contributed by atoms with Gasteiger partial charge in [-0.15, -0.1) is 0 Å². The molecule has 24 heavy (non-hydrogen) atoms. The number of alkyl carbamates (subject to hydrolysis) is 1. The number of esters is 1.